The van der Waals surface area contributed by atoms with Gasteiger partial charge in [0.05, 0.1) is 10.7 Å². The number of nitrogens with two attached hydrogens (primary N) is 1. The molecule has 0 atom stereocenters. The summed E-state index contributed by atoms with van der Waals surface area (Å²) in [6, 6.07) is 9.60. The smallest absolute Gasteiger partial charge is 0.189 e. The minimum Gasteiger partial charge on any atom is -0.398 e. The molecule has 1 heterocycles. The van der Waals surface area contributed by atoms with Gasteiger partial charge >= 0.3 is 0 Å². The van der Waals surface area contributed by atoms with Crippen LogP contribution in [-0.2, 0) is 0 Å². The Morgan fingerprint density at radius 3 is 2.76 bits per heavy atom. The van der Waals surface area contributed by atoms with Crippen molar-refractivity contribution in [1.29, 1.82) is 0 Å². The number of halogens is 2. The minimum absolute atomic E-state index is 0.217. The molecule has 0 aliphatic rings. The molecule has 0 saturated carbocycles. The molecule has 2 aromatic carbocycles. The molecule has 0 amide bonds. The topological polar surface area (TPSA) is 69.6 Å². The molecule has 0 saturated heterocycles. The summed E-state index contributed by atoms with van der Waals surface area (Å²) in [7, 11) is 0. The van der Waals surface area contributed by atoms with Crippen molar-refractivity contribution in [1.82, 2.24) is 20.2 Å². The zero-order chi connectivity index (χ0) is 15.0. The average Bonchev–Trinajstić information content (AvgIpc) is 2.90. The summed E-state index contributed by atoms with van der Waals surface area (Å²) in [4.78, 5) is 0. The summed E-state index contributed by atoms with van der Waals surface area (Å²) in [6.07, 6.45) is 0. The first kappa shape index (κ1) is 13.5. The van der Waals surface area contributed by atoms with E-state index in [1.165, 1.54) is 22.9 Å². The Kier molecular flexibility index (Phi) is 3.31. The highest BCUT2D eigenvalue weighted by Gasteiger charge is 2.16. The lowest BCUT2D eigenvalue weighted by Gasteiger charge is -2.09. The van der Waals surface area contributed by atoms with E-state index in [0.717, 1.165) is 5.56 Å². The van der Waals surface area contributed by atoms with Gasteiger partial charge < -0.3 is 5.73 Å². The molecule has 3 rings (SSSR count). The van der Waals surface area contributed by atoms with Crippen molar-refractivity contribution >= 4 is 17.3 Å². The second-order valence-corrected chi connectivity index (χ2v) is 5.01. The molecule has 2 N–H and O–H groups in total. The van der Waals surface area contributed by atoms with Crippen molar-refractivity contribution in [3.8, 4) is 17.1 Å². The van der Waals surface area contributed by atoms with Gasteiger partial charge in [-0.3, -0.25) is 0 Å². The van der Waals surface area contributed by atoms with E-state index in [2.05, 4.69) is 15.5 Å². The van der Waals surface area contributed by atoms with Crippen molar-refractivity contribution in [3.05, 3.63) is 52.8 Å². The fourth-order valence-electron chi connectivity index (χ4n) is 2.03. The van der Waals surface area contributed by atoms with Crippen LogP contribution in [0.25, 0.3) is 17.1 Å². The predicted octanol–water partition coefficient (Wildman–Crippen LogP) is 3.01. The molecule has 0 fully saturated rings. The molecular weight excluding hydrogens is 293 g/mol. The van der Waals surface area contributed by atoms with Crippen LogP contribution in [0.15, 0.2) is 36.4 Å². The van der Waals surface area contributed by atoms with Crippen LogP contribution in [0.2, 0.25) is 5.02 Å². The van der Waals surface area contributed by atoms with Crippen LogP contribution >= 0.6 is 11.6 Å². The van der Waals surface area contributed by atoms with Gasteiger partial charge in [0.25, 0.3) is 0 Å². The van der Waals surface area contributed by atoms with E-state index < -0.39 is 5.82 Å². The first-order chi connectivity index (χ1) is 10.1. The van der Waals surface area contributed by atoms with Gasteiger partial charge in [0, 0.05) is 11.3 Å². The maximum absolute atomic E-state index is 13.2. The molecule has 0 radical (unpaired) electrons. The monoisotopic (exact) mass is 303 g/mol. The molecule has 0 spiro atoms. The molecule has 106 valence electrons. The van der Waals surface area contributed by atoms with Crippen molar-refractivity contribution < 1.29 is 4.39 Å². The lowest BCUT2D eigenvalue weighted by atomic mass is 10.1. The number of nitrogen functional groups attached to an aromatic ring is 1. The summed E-state index contributed by atoms with van der Waals surface area (Å²) in [5.41, 5.74) is 8.75. The Balaban J connectivity index is 2.19. The van der Waals surface area contributed by atoms with Crippen LogP contribution in [0, 0.1) is 12.7 Å². The zero-order valence-corrected chi connectivity index (χ0v) is 11.8. The second-order valence-electron chi connectivity index (χ2n) is 4.60. The third kappa shape index (κ3) is 2.45. The number of tetrazole rings is 1. The third-order valence-corrected chi connectivity index (χ3v) is 3.36. The summed E-state index contributed by atoms with van der Waals surface area (Å²) < 4.78 is 14.6. The Morgan fingerprint density at radius 2 is 2.00 bits per heavy atom. The van der Waals surface area contributed by atoms with Gasteiger partial charge in [0.15, 0.2) is 5.82 Å². The number of anilines is 1. The maximum Gasteiger partial charge on any atom is 0.189 e. The van der Waals surface area contributed by atoms with E-state index in [1.807, 2.05) is 19.1 Å². The van der Waals surface area contributed by atoms with E-state index in [-0.39, 0.29) is 5.02 Å². The number of nitrogens with zero attached hydrogens (tertiary/aromatic N) is 4. The quantitative estimate of drug-likeness (QED) is 0.739. The third-order valence-electron chi connectivity index (χ3n) is 3.06. The van der Waals surface area contributed by atoms with Gasteiger partial charge in [-0.1, -0.05) is 23.2 Å². The number of hydrogen-bond donors (Lipinski definition) is 1. The van der Waals surface area contributed by atoms with Crippen LogP contribution in [-0.4, -0.2) is 20.2 Å². The van der Waals surface area contributed by atoms with Crippen LogP contribution in [0.4, 0.5) is 10.1 Å². The minimum atomic E-state index is -0.423. The summed E-state index contributed by atoms with van der Waals surface area (Å²) in [5.74, 6) is 0.0261. The molecule has 0 aliphatic carbocycles. The molecule has 7 heteroatoms. The number of hydrogen-bond acceptors (Lipinski definition) is 4. The van der Waals surface area contributed by atoms with Gasteiger partial charge in [0.1, 0.15) is 5.82 Å². The predicted molar refractivity (Wildman–Crippen MR) is 78.7 cm³/mol. The van der Waals surface area contributed by atoms with Crippen LogP contribution in [0.5, 0.6) is 0 Å². The Morgan fingerprint density at radius 1 is 1.19 bits per heavy atom. The number of aromatic nitrogens is 4. The van der Waals surface area contributed by atoms with Gasteiger partial charge in [-0.25, -0.2) is 4.39 Å². The number of rotatable bonds is 2. The SMILES string of the molecule is Cc1ccc(N)c(-c2nnnn2-c2ccc(F)cc2Cl)c1. The lowest BCUT2D eigenvalue weighted by Crippen LogP contribution is -2.03. The zero-order valence-electron chi connectivity index (χ0n) is 11.1. The van der Waals surface area contributed by atoms with Crippen LogP contribution in [0.3, 0.4) is 0 Å². The standard InChI is InChI=1S/C14H11ClFN5/c1-8-2-4-12(17)10(6-8)14-18-19-20-21(14)13-5-3-9(16)7-11(13)15/h2-7H,17H2,1H3. The fraction of sp³-hybridized carbons (Fsp3) is 0.0714. The van der Waals surface area contributed by atoms with Crippen molar-refractivity contribution in [3.63, 3.8) is 0 Å². The molecule has 1 aromatic heterocycles. The molecule has 5 nitrogen and oxygen atoms in total. The highest BCUT2D eigenvalue weighted by atomic mass is 35.5. The normalized spacial score (nSPS) is 10.8. The van der Waals surface area contributed by atoms with Crippen molar-refractivity contribution in [2.45, 2.75) is 6.92 Å². The first-order valence-corrected chi connectivity index (χ1v) is 6.54. The summed E-state index contributed by atoms with van der Waals surface area (Å²) >= 11 is 6.06. The number of benzene rings is 2. The van der Waals surface area contributed by atoms with Gasteiger partial charge in [0.2, 0.25) is 0 Å². The molecule has 0 bridgehead atoms. The Hall–Kier alpha value is -2.47. The van der Waals surface area contributed by atoms with Crippen LogP contribution < -0.4 is 5.73 Å². The van der Waals surface area contributed by atoms with E-state index in [4.69, 9.17) is 17.3 Å². The summed E-state index contributed by atoms with van der Waals surface area (Å²) in [5, 5.41) is 11.8. The highest BCUT2D eigenvalue weighted by Crippen LogP contribution is 2.29. The molecule has 0 unspecified atom stereocenters. The first-order valence-electron chi connectivity index (χ1n) is 6.16. The van der Waals surface area contributed by atoms with E-state index in [9.17, 15) is 4.39 Å². The maximum atomic E-state index is 13.2. The molecule has 0 aliphatic heterocycles. The van der Waals surface area contributed by atoms with Gasteiger partial charge in [-0.2, -0.15) is 4.68 Å². The molecule has 21 heavy (non-hydrogen) atoms. The van der Waals surface area contributed by atoms with Crippen molar-refractivity contribution in [2.75, 3.05) is 5.73 Å². The van der Waals surface area contributed by atoms with E-state index in [1.54, 1.807) is 6.07 Å². The van der Waals surface area contributed by atoms with E-state index >= 15 is 0 Å². The molecule has 3 aromatic rings. The Labute approximate surface area is 125 Å². The number of aryl methyl sites for hydroxylation is 1. The van der Waals surface area contributed by atoms with E-state index in [0.29, 0.717) is 22.8 Å². The Bertz CT molecular complexity index is 815. The van der Waals surface area contributed by atoms with Gasteiger partial charge in [-0.15, -0.1) is 5.10 Å². The van der Waals surface area contributed by atoms with Crippen LogP contribution in [0.1, 0.15) is 5.56 Å². The fourth-order valence-corrected chi connectivity index (χ4v) is 2.28. The highest BCUT2D eigenvalue weighted by molar-refractivity contribution is 6.32. The van der Waals surface area contributed by atoms with Crippen molar-refractivity contribution in [2.24, 2.45) is 0 Å². The average molecular weight is 304 g/mol. The second kappa shape index (κ2) is 5.14. The lowest BCUT2D eigenvalue weighted by molar-refractivity contribution is 0.627. The largest absolute Gasteiger partial charge is 0.398 e. The molecular formula is C14H11ClFN5. The summed E-state index contributed by atoms with van der Waals surface area (Å²) in [6.45, 7) is 1.95. The van der Waals surface area contributed by atoms with Gasteiger partial charge in [-0.05, 0) is 47.7 Å².